The van der Waals surface area contributed by atoms with E-state index in [2.05, 4.69) is 5.32 Å². The fourth-order valence-corrected chi connectivity index (χ4v) is 3.37. The average molecular weight is 407 g/mol. The molecule has 1 saturated heterocycles. The fraction of sp³-hybridized carbons (Fsp3) is 0.300. The van der Waals surface area contributed by atoms with Gasteiger partial charge in [0.2, 0.25) is 5.60 Å². The standard InChI is InChI=1S/C20H20ClFN2O4/c1-28-17-4-2-13(3-5-17)12-24-7-6-20(27,19(24)26)18(25)23-11-14-8-15(21)10-16(22)9-14/h2-5,8-10,27H,6-7,11-12H2,1H3,(H,23,25)/t20-/m1/s1. The first-order valence-electron chi connectivity index (χ1n) is 8.70. The van der Waals surface area contributed by atoms with Crippen molar-refractivity contribution in [1.82, 2.24) is 10.2 Å². The summed E-state index contributed by atoms with van der Waals surface area (Å²) in [5, 5.41) is 13.3. The molecule has 0 aromatic heterocycles. The van der Waals surface area contributed by atoms with Crippen LogP contribution in [0, 0.1) is 5.82 Å². The van der Waals surface area contributed by atoms with Crippen LogP contribution in [0.4, 0.5) is 4.39 Å². The maximum absolute atomic E-state index is 13.4. The van der Waals surface area contributed by atoms with Gasteiger partial charge in [-0.1, -0.05) is 23.7 Å². The van der Waals surface area contributed by atoms with Crippen LogP contribution in [-0.4, -0.2) is 41.1 Å². The van der Waals surface area contributed by atoms with Crippen molar-refractivity contribution in [2.45, 2.75) is 25.1 Å². The Morgan fingerprint density at radius 2 is 2.00 bits per heavy atom. The van der Waals surface area contributed by atoms with Crippen molar-refractivity contribution in [2.75, 3.05) is 13.7 Å². The van der Waals surface area contributed by atoms with Gasteiger partial charge in [0.1, 0.15) is 11.6 Å². The minimum absolute atomic E-state index is 0.0161. The molecule has 2 aromatic carbocycles. The predicted octanol–water partition coefficient (Wildman–Crippen LogP) is 2.27. The van der Waals surface area contributed by atoms with E-state index in [1.54, 1.807) is 19.2 Å². The molecule has 1 fully saturated rings. The molecule has 1 aliphatic rings. The third kappa shape index (κ3) is 4.26. The molecule has 0 radical (unpaired) electrons. The van der Waals surface area contributed by atoms with E-state index in [0.29, 0.717) is 11.3 Å². The summed E-state index contributed by atoms with van der Waals surface area (Å²) < 4.78 is 18.5. The van der Waals surface area contributed by atoms with Crippen LogP contribution in [-0.2, 0) is 22.7 Å². The van der Waals surface area contributed by atoms with E-state index in [9.17, 15) is 19.1 Å². The summed E-state index contributed by atoms with van der Waals surface area (Å²) in [7, 11) is 1.56. The van der Waals surface area contributed by atoms with Crippen molar-refractivity contribution >= 4 is 23.4 Å². The molecule has 8 heteroatoms. The van der Waals surface area contributed by atoms with Gasteiger partial charge in [-0.3, -0.25) is 9.59 Å². The Morgan fingerprint density at radius 1 is 1.29 bits per heavy atom. The Labute approximate surface area is 166 Å². The lowest BCUT2D eigenvalue weighted by Crippen LogP contribution is -2.52. The van der Waals surface area contributed by atoms with Crippen molar-refractivity contribution < 1.29 is 23.8 Å². The Balaban J connectivity index is 1.62. The fourth-order valence-electron chi connectivity index (χ4n) is 3.12. The minimum atomic E-state index is -2.14. The monoisotopic (exact) mass is 406 g/mol. The average Bonchev–Trinajstić information content (AvgIpc) is 2.95. The first-order chi connectivity index (χ1) is 13.3. The number of rotatable bonds is 6. The number of ether oxygens (including phenoxy) is 1. The Hall–Kier alpha value is -2.64. The Morgan fingerprint density at radius 3 is 2.64 bits per heavy atom. The molecular weight excluding hydrogens is 387 g/mol. The van der Waals surface area contributed by atoms with Crippen LogP contribution < -0.4 is 10.1 Å². The van der Waals surface area contributed by atoms with Gasteiger partial charge in [0, 0.05) is 31.1 Å². The molecule has 2 amide bonds. The van der Waals surface area contributed by atoms with Gasteiger partial charge >= 0.3 is 0 Å². The molecule has 1 heterocycles. The van der Waals surface area contributed by atoms with E-state index in [1.165, 1.54) is 17.0 Å². The summed E-state index contributed by atoms with van der Waals surface area (Å²) in [4.78, 5) is 26.5. The smallest absolute Gasteiger partial charge is 0.264 e. The molecule has 0 saturated carbocycles. The molecule has 28 heavy (non-hydrogen) atoms. The van der Waals surface area contributed by atoms with Crippen LogP contribution in [0.1, 0.15) is 17.5 Å². The summed E-state index contributed by atoms with van der Waals surface area (Å²) in [6.07, 6.45) is -0.0161. The lowest BCUT2D eigenvalue weighted by molar-refractivity contribution is -0.154. The molecule has 2 N–H and O–H groups in total. The van der Waals surface area contributed by atoms with Crippen molar-refractivity contribution in [1.29, 1.82) is 0 Å². The van der Waals surface area contributed by atoms with E-state index < -0.39 is 23.2 Å². The SMILES string of the molecule is COc1ccc(CN2CC[C@@](O)(C(=O)NCc3cc(F)cc(Cl)c3)C2=O)cc1. The van der Waals surface area contributed by atoms with Gasteiger partial charge < -0.3 is 20.1 Å². The zero-order valence-corrected chi connectivity index (χ0v) is 16.0. The summed E-state index contributed by atoms with van der Waals surface area (Å²) >= 11 is 5.79. The number of hydrogen-bond acceptors (Lipinski definition) is 4. The zero-order valence-electron chi connectivity index (χ0n) is 15.2. The molecular formula is C20H20ClFN2O4. The lowest BCUT2D eigenvalue weighted by atomic mass is 10.0. The first kappa shape index (κ1) is 20.1. The third-order valence-electron chi connectivity index (χ3n) is 4.67. The largest absolute Gasteiger partial charge is 0.497 e. The maximum Gasteiger partial charge on any atom is 0.264 e. The van der Waals surface area contributed by atoms with E-state index in [-0.39, 0.29) is 31.1 Å². The van der Waals surface area contributed by atoms with Gasteiger partial charge in [0.05, 0.1) is 7.11 Å². The maximum atomic E-state index is 13.4. The summed E-state index contributed by atoms with van der Waals surface area (Å²) in [6, 6.07) is 11.1. The minimum Gasteiger partial charge on any atom is -0.497 e. The highest BCUT2D eigenvalue weighted by Gasteiger charge is 2.51. The quantitative estimate of drug-likeness (QED) is 0.721. The second-order valence-electron chi connectivity index (χ2n) is 6.65. The summed E-state index contributed by atoms with van der Waals surface area (Å²) in [6.45, 7) is 0.475. The molecule has 0 unspecified atom stereocenters. The number of halogens is 2. The van der Waals surface area contributed by atoms with Gasteiger partial charge in [0.15, 0.2) is 0 Å². The number of carbonyl (C=O) groups excluding carboxylic acids is 2. The van der Waals surface area contributed by atoms with Crippen LogP contribution in [0.25, 0.3) is 0 Å². The Bertz CT molecular complexity index is 870. The highest BCUT2D eigenvalue weighted by Crippen LogP contribution is 2.26. The number of nitrogens with zero attached hydrogens (tertiary/aromatic N) is 1. The van der Waals surface area contributed by atoms with Crippen LogP contribution in [0.15, 0.2) is 42.5 Å². The Kier molecular flexibility index (Phi) is 5.86. The van der Waals surface area contributed by atoms with Crippen LogP contribution in [0.2, 0.25) is 5.02 Å². The normalized spacial score (nSPS) is 19.0. The van der Waals surface area contributed by atoms with E-state index >= 15 is 0 Å². The molecule has 1 atom stereocenters. The second-order valence-corrected chi connectivity index (χ2v) is 7.08. The van der Waals surface area contributed by atoms with E-state index in [1.807, 2.05) is 12.1 Å². The highest BCUT2D eigenvalue weighted by molar-refractivity contribution is 6.30. The van der Waals surface area contributed by atoms with Crippen LogP contribution >= 0.6 is 11.6 Å². The molecule has 0 spiro atoms. The van der Waals surface area contributed by atoms with Crippen molar-refractivity contribution in [3.63, 3.8) is 0 Å². The molecule has 148 valence electrons. The summed E-state index contributed by atoms with van der Waals surface area (Å²) in [5.41, 5.74) is -0.848. The number of aliphatic hydroxyl groups is 1. The number of nitrogens with one attached hydrogen (secondary N) is 1. The van der Waals surface area contributed by atoms with Gasteiger partial charge in [-0.2, -0.15) is 0 Å². The van der Waals surface area contributed by atoms with Crippen molar-refractivity contribution in [2.24, 2.45) is 0 Å². The number of amides is 2. The topological polar surface area (TPSA) is 78.9 Å². The molecule has 2 aromatic rings. The molecule has 6 nitrogen and oxygen atoms in total. The number of methoxy groups -OCH3 is 1. The van der Waals surface area contributed by atoms with Crippen molar-refractivity contribution in [3.05, 3.63) is 64.4 Å². The number of hydrogen-bond donors (Lipinski definition) is 2. The molecule has 0 aliphatic carbocycles. The van der Waals surface area contributed by atoms with Gasteiger partial charge in [-0.05, 0) is 41.5 Å². The van der Waals surface area contributed by atoms with Gasteiger partial charge in [-0.25, -0.2) is 4.39 Å². The summed E-state index contributed by atoms with van der Waals surface area (Å²) in [5.74, 6) is -1.30. The second kappa shape index (κ2) is 8.16. The molecule has 1 aliphatic heterocycles. The number of likely N-dealkylation sites (tertiary alicyclic amines) is 1. The number of carbonyl (C=O) groups is 2. The van der Waals surface area contributed by atoms with Crippen LogP contribution in [0.3, 0.4) is 0 Å². The first-order valence-corrected chi connectivity index (χ1v) is 9.07. The zero-order chi connectivity index (χ0) is 20.3. The van der Waals surface area contributed by atoms with Crippen LogP contribution in [0.5, 0.6) is 5.75 Å². The van der Waals surface area contributed by atoms with E-state index in [0.717, 1.165) is 11.6 Å². The highest BCUT2D eigenvalue weighted by atomic mass is 35.5. The van der Waals surface area contributed by atoms with Gasteiger partial charge in [-0.15, -0.1) is 0 Å². The molecule has 0 bridgehead atoms. The lowest BCUT2D eigenvalue weighted by Gasteiger charge is -2.22. The number of benzene rings is 2. The van der Waals surface area contributed by atoms with Crippen molar-refractivity contribution in [3.8, 4) is 5.75 Å². The molecule has 3 rings (SSSR count). The van der Waals surface area contributed by atoms with E-state index in [4.69, 9.17) is 16.3 Å². The predicted molar refractivity (Wildman–Crippen MR) is 101 cm³/mol. The third-order valence-corrected chi connectivity index (χ3v) is 4.89. The van der Waals surface area contributed by atoms with Gasteiger partial charge in [0.25, 0.3) is 11.8 Å².